The monoisotopic (exact) mass is 372 g/mol. The lowest BCUT2D eigenvalue weighted by Crippen LogP contribution is -2.45. The SMILES string of the molecule is CC(C)(C(=O)N1CCCc2[nH]c3ccc(F)cc3c2C1)C1CCC(O)CC1. The minimum Gasteiger partial charge on any atom is -0.393 e. The van der Waals surface area contributed by atoms with Crippen LogP contribution in [0, 0.1) is 17.2 Å². The van der Waals surface area contributed by atoms with Crippen LogP contribution < -0.4 is 0 Å². The first kappa shape index (κ1) is 18.5. The molecule has 1 fully saturated rings. The number of benzene rings is 1. The van der Waals surface area contributed by atoms with E-state index >= 15 is 0 Å². The number of carbonyl (C=O) groups is 1. The van der Waals surface area contributed by atoms with E-state index in [0.29, 0.717) is 12.5 Å². The minimum absolute atomic E-state index is 0.183. The zero-order valence-electron chi connectivity index (χ0n) is 16.2. The van der Waals surface area contributed by atoms with E-state index in [1.54, 1.807) is 12.1 Å². The molecule has 2 heterocycles. The summed E-state index contributed by atoms with van der Waals surface area (Å²) in [7, 11) is 0. The molecule has 27 heavy (non-hydrogen) atoms. The summed E-state index contributed by atoms with van der Waals surface area (Å²) in [6, 6.07) is 4.83. The normalized spacial score (nSPS) is 23.9. The Balaban J connectivity index is 1.60. The highest BCUT2D eigenvalue weighted by molar-refractivity contribution is 5.87. The zero-order chi connectivity index (χ0) is 19.2. The smallest absolute Gasteiger partial charge is 0.228 e. The number of aromatic amines is 1. The lowest BCUT2D eigenvalue weighted by Gasteiger charge is -2.40. The second-order valence-electron chi connectivity index (χ2n) is 8.83. The number of amides is 1. The number of aliphatic hydroxyl groups excluding tert-OH is 1. The van der Waals surface area contributed by atoms with Crippen LogP contribution in [0.2, 0.25) is 0 Å². The molecule has 2 N–H and O–H groups in total. The molecule has 0 spiro atoms. The molecule has 1 saturated carbocycles. The van der Waals surface area contributed by atoms with Crippen molar-refractivity contribution in [2.45, 2.75) is 65.0 Å². The largest absolute Gasteiger partial charge is 0.393 e. The Morgan fingerprint density at radius 2 is 2.00 bits per heavy atom. The minimum atomic E-state index is -0.442. The van der Waals surface area contributed by atoms with Gasteiger partial charge in [-0.05, 0) is 62.6 Å². The van der Waals surface area contributed by atoms with Crippen LogP contribution in [0.4, 0.5) is 4.39 Å². The van der Waals surface area contributed by atoms with Gasteiger partial charge in [0.15, 0.2) is 0 Å². The molecule has 146 valence electrons. The number of rotatable bonds is 2. The van der Waals surface area contributed by atoms with E-state index in [-0.39, 0.29) is 17.8 Å². The molecule has 2 aromatic rings. The summed E-state index contributed by atoms with van der Waals surface area (Å²) in [6.45, 7) is 5.38. The average molecular weight is 372 g/mol. The summed E-state index contributed by atoms with van der Waals surface area (Å²) in [5, 5.41) is 10.7. The molecule has 2 aliphatic rings. The standard InChI is InChI=1S/C22H29FN2O2/c1-22(2,14-5-8-16(26)9-6-14)21(27)25-11-3-4-19-18(13-25)17-12-15(23)7-10-20(17)24-19/h7,10,12,14,16,24,26H,3-6,8-9,11,13H2,1-2H3. The van der Waals surface area contributed by atoms with Crippen molar-refractivity contribution in [3.8, 4) is 0 Å². The molecule has 0 unspecified atom stereocenters. The Kier molecular flexibility index (Phi) is 4.75. The number of hydrogen-bond acceptors (Lipinski definition) is 2. The van der Waals surface area contributed by atoms with Crippen LogP contribution in [0.25, 0.3) is 10.9 Å². The van der Waals surface area contributed by atoms with Crippen LogP contribution >= 0.6 is 0 Å². The van der Waals surface area contributed by atoms with Crippen molar-refractivity contribution in [3.05, 3.63) is 35.3 Å². The van der Waals surface area contributed by atoms with Crippen molar-refractivity contribution in [3.63, 3.8) is 0 Å². The van der Waals surface area contributed by atoms with Gasteiger partial charge in [-0.15, -0.1) is 0 Å². The summed E-state index contributed by atoms with van der Waals surface area (Å²) in [6.07, 6.45) is 4.95. The van der Waals surface area contributed by atoms with Gasteiger partial charge in [-0.3, -0.25) is 4.79 Å². The Morgan fingerprint density at radius 3 is 2.74 bits per heavy atom. The van der Waals surface area contributed by atoms with Gasteiger partial charge in [-0.25, -0.2) is 4.39 Å². The number of halogens is 1. The van der Waals surface area contributed by atoms with Gasteiger partial charge in [-0.1, -0.05) is 13.8 Å². The Hall–Kier alpha value is -1.88. The number of H-pyrrole nitrogens is 1. The molecule has 5 heteroatoms. The average Bonchev–Trinajstić information content (AvgIpc) is 2.84. The van der Waals surface area contributed by atoms with E-state index < -0.39 is 5.41 Å². The number of carbonyl (C=O) groups excluding carboxylic acids is 1. The third-order valence-electron chi connectivity index (χ3n) is 6.72. The van der Waals surface area contributed by atoms with Crippen LogP contribution in [0.1, 0.15) is 57.2 Å². The van der Waals surface area contributed by atoms with E-state index in [4.69, 9.17) is 0 Å². The summed E-state index contributed by atoms with van der Waals surface area (Å²) in [5.74, 6) is 0.242. The molecule has 1 amide bonds. The third kappa shape index (κ3) is 3.38. The number of nitrogens with zero attached hydrogens (tertiary/aromatic N) is 1. The maximum absolute atomic E-state index is 13.8. The molecule has 1 aromatic heterocycles. The molecular weight excluding hydrogens is 343 g/mol. The van der Waals surface area contributed by atoms with E-state index in [1.807, 2.05) is 4.90 Å². The summed E-state index contributed by atoms with van der Waals surface area (Å²) < 4.78 is 13.8. The van der Waals surface area contributed by atoms with E-state index in [9.17, 15) is 14.3 Å². The molecule has 4 rings (SSSR count). The third-order valence-corrected chi connectivity index (χ3v) is 6.72. The summed E-state index contributed by atoms with van der Waals surface area (Å²) in [5.41, 5.74) is 2.69. The van der Waals surface area contributed by atoms with Gasteiger partial charge in [0.2, 0.25) is 5.91 Å². The molecule has 0 saturated heterocycles. The highest BCUT2D eigenvalue weighted by atomic mass is 19.1. The summed E-state index contributed by atoms with van der Waals surface area (Å²) >= 11 is 0. The number of hydrogen-bond donors (Lipinski definition) is 2. The lowest BCUT2D eigenvalue weighted by molar-refractivity contribution is -0.145. The van der Waals surface area contributed by atoms with Crippen molar-refractivity contribution < 1.29 is 14.3 Å². The van der Waals surface area contributed by atoms with Crippen LogP contribution in [0.15, 0.2) is 18.2 Å². The van der Waals surface area contributed by atoms with Crippen molar-refractivity contribution in [2.24, 2.45) is 11.3 Å². The highest BCUT2D eigenvalue weighted by Gasteiger charge is 2.41. The maximum atomic E-state index is 13.8. The number of nitrogens with one attached hydrogen (secondary N) is 1. The summed E-state index contributed by atoms with van der Waals surface area (Å²) in [4.78, 5) is 18.9. The van der Waals surface area contributed by atoms with Gasteiger partial charge >= 0.3 is 0 Å². The highest BCUT2D eigenvalue weighted by Crippen LogP contribution is 2.40. The first-order chi connectivity index (χ1) is 12.9. The fourth-order valence-corrected chi connectivity index (χ4v) is 4.94. The number of fused-ring (bicyclic) bond motifs is 3. The van der Waals surface area contributed by atoms with E-state index in [0.717, 1.165) is 67.2 Å². The fourth-order valence-electron chi connectivity index (χ4n) is 4.94. The number of aryl methyl sites for hydroxylation is 1. The quantitative estimate of drug-likeness (QED) is 0.832. The van der Waals surface area contributed by atoms with E-state index in [1.165, 1.54) is 6.07 Å². The molecule has 1 aromatic carbocycles. The van der Waals surface area contributed by atoms with Crippen LogP contribution in [-0.4, -0.2) is 33.5 Å². The second-order valence-corrected chi connectivity index (χ2v) is 8.83. The molecule has 0 bridgehead atoms. The predicted molar refractivity (Wildman–Crippen MR) is 104 cm³/mol. The first-order valence-electron chi connectivity index (χ1n) is 10.1. The van der Waals surface area contributed by atoms with Crippen molar-refractivity contribution in [1.82, 2.24) is 9.88 Å². The molecule has 0 atom stereocenters. The van der Waals surface area contributed by atoms with Crippen LogP contribution in [0.3, 0.4) is 0 Å². The van der Waals surface area contributed by atoms with E-state index in [2.05, 4.69) is 18.8 Å². The Morgan fingerprint density at radius 1 is 1.26 bits per heavy atom. The maximum Gasteiger partial charge on any atom is 0.228 e. The molecule has 1 aliphatic carbocycles. The van der Waals surface area contributed by atoms with Gasteiger partial charge in [0.1, 0.15) is 5.82 Å². The van der Waals surface area contributed by atoms with Crippen molar-refractivity contribution in [2.75, 3.05) is 6.54 Å². The van der Waals surface area contributed by atoms with Crippen molar-refractivity contribution in [1.29, 1.82) is 0 Å². The van der Waals surface area contributed by atoms with Crippen LogP contribution in [0.5, 0.6) is 0 Å². The van der Waals surface area contributed by atoms with Gasteiger partial charge in [0.05, 0.1) is 6.10 Å². The van der Waals surface area contributed by atoms with Gasteiger partial charge in [0, 0.05) is 40.7 Å². The lowest BCUT2D eigenvalue weighted by atomic mass is 9.69. The molecule has 0 radical (unpaired) electrons. The molecule has 1 aliphatic heterocycles. The Bertz CT molecular complexity index is 849. The molecule has 4 nitrogen and oxygen atoms in total. The second kappa shape index (κ2) is 6.93. The Labute approximate surface area is 159 Å². The zero-order valence-corrected chi connectivity index (χ0v) is 16.2. The van der Waals surface area contributed by atoms with Crippen molar-refractivity contribution >= 4 is 16.8 Å². The van der Waals surface area contributed by atoms with Gasteiger partial charge < -0.3 is 15.0 Å². The van der Waals surface area contributed by atoms with Gasteiger partial charge in [-0.2, -0.15) is 0 Å². The fraction of sp³-hybridized carbons (Fsp3) is 0.591. The van der Waals surface area contributed by atoms with Crippen LogP contribution in [-0.2, 0) is 17.8 Å². The predicted octanol–water partition coefficient (Wildman–Crippen LogP) is 4.16. The first-order valence-corrected chi connectivity index (χ1v) is 10.1. The van der Waals surface area contributed by atoms with Gasteiger partial charge in [0.25, 0.3) is 0 Å². The number of aliphatic hydroxyl groups is 1. The number of aromatic nitrogens is 1. The topological polar surface area (TPSA) is 56.3 Å². The molecular formula is C22H29FN2O2.